The van der Waals surface area contributed by atoms with Gasteiger partial charge >= 0.3 is 12.1 Å². The molecule has 0 unspecified atom stereocenters. The van der Waals surface area contributed by atoms with Crippen LogP contribution in [0.3, 0.4) is 0 Å². The summed E-state index contributed by atoms with van der Waals surface area (Å²) in [5.41, 5.74) is 4.12. The minimum Gasteiger partial charge on any atom is -0.330 e. The Kier molecular flexibility index (Phi) is 2.34. The summed E-state index contributed by atoms with van der Waals surface area (Å²) >= 11 is 0. The van der Waals surface area contributed by atoms with E-state index in [0.29, 0.717) is 0 Å². The van der Waals surface area contributed by atoms with Crippen molar-refractivity contribution in [2.24, 2.45) is 23.0 Å². The Balaban J connectivity index is 2.88. The maximum atomic E-state index is 12.9. The monoisotopic (exact) mass is 217 g/mol. The Hall–Kier alpha value is -0.390. The lowest BCUT2D eigenvalue weighted by molar-refractivity contribution is -0.294. The summed E-state index contributed by atoms with van der Waals surface area (Å²) in [6.45, 7) is 2.63. The maximum Gasteiger partial charge on any atom is 0.453 e. The van der Waals surface area contributed by atoms with Gasteiger partial charge in [0.1, 0.15) is 0 Å². The minimum atomic E-state index is -5.47. The Morgan fingerprint density at radius 1 is 1.14 bits per heavy atom. The summed E-state index contributed by atoms with van der Waals surface area (Å²) in [6, 6.07) is 0. The Labute approximate surface area is 78.5 Å². The van der Waals surface area contributed by atoms with Crippen molar-refractivity contribution in [3.63, 3.8) is 0 Å². The van der Waals surface area contributed by atoms with Crippen molar-refractivity contribution < 1.29 is 22.0 Å². The van der Waals surface area contributed by atoms with E-state index in [2.05, 4.69) is 0 Å². The lowest BCUT2D eigenvalue weighted by atomic mass is 10.1. The first-order chi connectivity index (χ1) is 6.06. The summed E-state index contributed by atoms with van der Waals surface area (Å²) in [5, 5.41) is 0. The highest BCUT2D eigenvalue weighted by Crippen LogP contribution is 2.67. The van der Waals surface area contributed by atoms with Crippen molar-refractivity contribution in [2.45, 2.75) is 25.9 Å². The van der Waals surface area contributed by atoms with Crippen LogP contribution in [0.2, 0.25) is 0 Å². The summed E-state index contributed by atoms with van der Waals surface area (Å²) in [5.74, 6) is -7.06. The summed E-state index contributed by atoms with van der Waals surface area (Å²) in [6.07, 6.45) is -5.47. The Morgan fingerprint density at radius 2 is 1.57 bits per heavy atom. The van der Waals surface area contributed by atoms with Crippen molar-refractivity contribution in [3.8, 4) is 0 Å². The number of alkyl halides is 5. The highest BCUT2D eigenvalue weighted by atomic mass is 19.4. The lowest BCUT2D eigenvalue weighted by Crippen LogP contribution is -2.40. The van der Waals surface area contributed by atoms with Crippen LogP contribution >= 0.6 is 0 Å². The van der Waals surface area contributed by atoms with Gasteiger partial charge in [-0.05, 0) is 17.9 Å². The van der Waals surface area contributed by atoms with Gasteiger partial charge in [0.15, 0.2) is 0 Å². The fourth-order valence-electron chi connectivity index (χ4n) is 2.08. The van der Waals surface area contributed by atoms with Crippen molar-refractivity contribution in [1.82, 2.24) is 0 Å². The smallest absolute Gasteiger partial charge is 0.330 e. The van der Waals surface area contributed by atoms with Crippen LogP contribution in [0, 0.1) is 17.3 Å². The molecule has 0 radical (unpaired) electrons. The van der Waals surface area contributed by atoms with Gasteiger partial charge in [-0.15, -0.1) is 0 Å². The van der Waals surface area contributed by atoms with Crippen LogP contribution in [-0.4, -0.2) is 18.6 Å². The molecule has 84 valence electrons. The van der Waals surface area contributed by atoms with Crippen LogP contribution in [-0.2, 0) is 0 Å². The Bertz CT molecular complexity index is 232. The molecule has 0 bridgehead atoms. The average molecular weight is 217 g/mol. The molecule has 1 nitrogen and oxygen atoms in total. The molecular formula is C8H12F5N. The highest BCUT2D eigenvalue weighted by Gasteiger charge is 2.76. The minimum absolute atomic E-state index is 0.136. The SMILES string of the molecule is CC1(C)[C@@H](CN)[C@@H]1C(F)(F)C(F)(F)F. The van der Waals surface area contributed by atoms with E-state index in [0.717, 1.165) is 0 Å². The molecule has 0 amide bonds. The number of hydrogen-bond acceptors (Lipinski definition) is 1. The van der Waals surface area contributed by atoms with Crippen molar-refractivity contribution >= 4 is 0 Å². The first-order valence-corrected chi connectivity index (χ1v) is 4.21. The quantitative estimate of drug-likeness (QED) is 0.706. The molecule has 0 aromatic heterocycles. The molecule has 1 saturated carbocycles. The second-order valence-corrected chi connectivity index (χ2v) is 4.26. The predicted octanol–water partition coefficient (Wildman–Crippen LogP) is 2.41. The summed E-state index contributed by atoms with van der Waals surface area (Å²) in [4.78, 5) is 0. The fourth-order valence-corrected chi connectivity index (χ4v) is 2.08. The fraction of sp³-hybridized carbons (Fsp3) is 1.00. The normalized spacial score (nSPS) is 31.7. The average Bonchev–Trinajstić information content (AvgIpc) is 2.50. The molecule has 1 fully saturated rings. The van der Waals surface area contributed by atoms with Crippen molar-refractivity contribution in [3.05, 3.63) is 0 Å². The molecule has 1 aliphatic rings. The first kappa shape index (κ1) is 11.7. The third kappa shape index (κ3) is 1.39. The second-order valence-electron chi connectivity index (χ2n) is 4.26. The lowest BCUT2D eigenvalue weighted by Gasteiger charge is -2.20. The van der Waals surface area contributed by atoms with E-state index >= 15 is 0 Å². The zero-order valence-electron chi connectivity index (χ0n) is 7.83. The van der Waals surface area contributed by atoms with Gasteiger partial charge in [0.05, 0.1) is 0 Å². The van der Waals surface area contributed by atoms with Crippen LogP contribution in [0.4, 0.5) is 22.0 Å². The van der Waals surface area contributed by atoms with Crippen LogP contribution < -0.4 is 5.73 Å². The number of nitrogens with two attached hydrogens (primary N) is 1. The third-order valence-electron chi connectivity index (χ3n) is 3.07. The zero-order chi connectivity index (χ0) is 11.4. The molecule has 6 heteroatoms. The topological polar surface area (TPSA) is 26.0 Å². The van der Waals surface area contributed by atoms with E-state index in [9.17, 15) is 22.0 Å². The molecule has 0 spiro atoms. The molecule has 1 rings (SSSR count). The van der Waals surface area contributed by atoms with Crippen LogP contribution in [0.1, 0.15) is 13.8 Å². The Morgan fingerprint density at radius 3 is 1.79 bits per heavy atom. The van der Waals surface area contributed by atoms with Crippen molar-refractivity contribution in [1.29, 1.82) is 0 Å². The second kappa shape index (κ2) is 2.81. The van der Waals surface area contributed by atoms with Crippen LogP contribution in [0.15, 0.2) is 0 Å². The van der Waals surface area contributed by atoms with E-state index in [1.807, 2.05) is 0 Å². The molecule has 1 aliphatic carbocycles. The van der Waals surface area contributed by atoms with Gasteiger partial charge in [-0.1, -0.05) is 13.8 Å². The van der Waals surface area contributed by atoms with E-state index in [-0.39, 0.29) is 6.54 Å². The van der Waals surface area contributed by atoms with Crippen LogP contribution in [0.25, 0.3) is 0 Å². The number of hydrogen-bond donors (Lipinski definition) is 1. The molecule has 2 atom stereocenters. The van der Waals surface area contributed by atoms with Gasteiger partial charge in [0, 0.05) is 5.92 Å². The van der Waals surface area contributed by atoms with Gasteiger partial charge in [-0.3, -0.25) is 0 Å². The largest absolute Gasteiger partial charge is 0.453 e. The van der Waals surface area contributed by atoms with Gasteiger partial charge in [0.25, 0.3) is 0 Å². The molecule has 0 aliphatic heterocycles. The third-order valence-corrected chi connectivity index (χ3v) is 3.07. The molecule has 2 N–H and O–H groups in total. The van der Waals surface area contributed by atoms with Gasteiger partial charge in [-0.25, -0.2) is 0 Å². The maximum absolute atomic E-state index is 12.9. The standard InChI is InChI=1S/C8H12F5N/c1-6(2)4(3-14)5(6)7(9,10)8(11,12)13/h4-5H,3,14H2,1-2H3/t4-,5-/m0/s1. The molecule has 0 aromatic rings. The summed E-state index contributed by atoms with van der Waals surface area (Å²) < 4.78 is 61.7. The van der Waals surface area contributed by atoms with Crippen LogP contribution in [0.5, 0.6) is 0 Å². The molecule has 0 heterocycles. The molecule has 0 saturated heterocycles. The molecule has 0 aromatic carbocycles. The van der Waals surface area contributed by atoms with E-state index in [1.165, 1.54) is 13.8 Å². The van der Waals surface area contributed by atoms with E-state index < -0.39 is 29.3 Å². The molecule has 14 heavy (non-hydrogen) atoms. The number of halogens is 5. The molecular weight excluding hydrogens is 205 g/mol. The zero-order valence-corrected chi connectivity index (χ0v) is 7.83. The predicted molar refractivity (Wildman–Crippen MR) is 40.8 cm³/mol. The number of rotatable bonds is 2. The van der Waals surface area contributed by atoms with Gasteiger partial charge in [-0.2, -0.15) is 22.0 Å². The van der Waals surface area contributed by atoms with E-state index in [1.54, 1.807) is 0 Å². The van der Waals surface area contributed by atoms with Gasteiger partial charge in [0.2, 0.25) is 0 Å². The first-order valence-electron chi connectivity index (χ1n) is 4.21. The van der Waals surface area contributed by atoms with Crippen molar-refractivity contribution in [2.75, 3.05) is 6.54 Å². The summed E-state index contributed by atoms with van der Waals surface area (Å²) in [7, 11) is 0. The van der Waals surface area contributed by atoms with E-state index in [4.69, 9.17) is 5.73 Å². The van der Waals surface area contributed by atoms with Gasteiger partial charge < -0.3 is 5.73 Å². The highest BCUT2D eigenvalue weighted by molar-refractivity contribution is 5.12.